The summed E-state index contributed by atoms with van der Waals surface area (Å²) in [5, 5.41) is 3.36. The van der Waals surface area contributed by atoms with Crippen molar-refractivity contribution in [2.24, 2.45) is 5.73 Å². The molecule has 0 spiro atoms. The summed E-state index contributed by atoms with van der Waals surface area (Å²) in [5.74, 6) is -0.489. The smallest absolute Gasteiger partial charge is 0.354 e. The minimum atomic E-state index is -0.489. The van der Waals surface area contributed by atoms with Crippen molar-refractivity contribution in [2.75, 3.05) is 53.8 Å². The molecule has 1 aliphatic rings. The number of carbonyl (C=O) groups excluding carboxylic acids is 1. The second kappa shape index (κ2) is 12.8. The minimum Gasteiger partial charge on any atom is -0.459 e. The molecule has 0 aromatic heterocycles. The van der Waals surface area contributed by atoms with Crippen molar-refractivity contribution in [3.8, 4) is 0 Å². The molecule has 0 aromatic rings. The zero-order valence-corrected chi connectivity index (χ0v) is 14.8. The van der Waals surface area contributed by atoms with Crippen LogP contribution in [-0.4, -0.2) is 59.8 Å². The van der Waals surface area contributed by atoms with Gasteiger partial charge in [0.1, 0.15) is 12.3 Å². The summed E-state index contributed by atoms with van der Waals surface area (Å²) < 4.78 is 20.3. The molecular formula is C17H30N2O5. The summed E-state index contributed by atoms with van der Waals surface area (Å²) in [6.07, 6.45) is 5.61. The Bertz CT molecular complexity index is 435. The van der Waals surface area contributed by atoms with Crippen LogP contribution >= 0.6 is 0 Å². The Hall–Kier alpha value is -1.57. The lowest BCUT2D eigenvalue weighted by molar-refractivity contribution is -0.140. The van der Waals surface area contributed by atoms with Gasteiger partial charge in [-0.05, 0) is 37.3 Å². The molecule has 1 rings (SSSR count). The molecule has 0 fully saturated rings. The number of carbonyl (C=O) groups is 1. The molecule has 0 saturated heterocycles. The normalized spacial score (nSPS) is 16.5. The second-order valence-electron chi connectivity index (χ2n) is 5.48. The summed E-state index contributed by atoms with van der Waals surface area (Å²) in [7, 11) is 3.30. The average molecular weight is 342 g/mol. The van der Waals surface area contributed by atoms with Crippen LogP contribution in [0.15, 0.2) is 23.0 Å². The standard InChI is InChI=1S/C17H30N2O5/c1-21-8-4-7-19-15-6-3-5-14(13-15)16(18)17(20)24-12-11-23-10-9-22-2/h13,19H,3-12,18H2,1-2H3/b16-14+. The van der Waals surface area contributed by atoms with Crippen LogP contribution in [0.3, 0.4) is 0 Å². The van der Waals surface area contributed by atoms with E-state index in [-0.39, 0.29) is 12.3 Å². The Balaban J connectivity index is 2.40. The van der Waals surface area contributed by atoms with E-state index in [2.05, 4.69) is 5.32 Å². The van der Waals surface area contributed by atoms with E-state index in [1.54, 1.807) is 14.2 Å². The minimum absolute atomic E-state index is 0.183. The van der Waals surface area contributed by atoms with Gasteiger partial charge < -0.3 is 30.0 Å². The molecular weight excluding hydrogens is 312 g/mol. The predicted octanol–water partition coefficient (Wildman–Crippen LogP) is 1.10. The van der Waals surface area contributed by atoms with Gasteiger partial charge in [0.05, 0.1) is 19.8 Å². The van der Waals surface area contributed by atoms with E-state index in [9.17, 15) is 4.79 Å². The average Bonchev–Trinajstić information content (AvgIpc) is 2.61. The summed E-state index contributed by atoms with van der Waals surface area (Å²) >= 11 is 0. The van der Waals surface area contributed by atoms with Gasteiger partial charge in [-0.1, -0.05) is 0 Å². The fraction of sp³-hybridized carbons (Fsp3) is 0.706. The molecule has 0 radical (unpaired) electrons. The zero-order valence-electron chi connectivity index (χ0n) is 14.8. The van der Waals surface area contributed by atoms with E-state index in [0.29, 0.717) is 19.8 Å². The van der Waals surface area contributed by atoms with Crippen molar-refractivity contribution >= 4 is 5.97 Å². The molecule has 0 aliphatic heterocycles. The number of esters is 1. The highest BCUT2D eigenvalue weighted by atomic mass is 16.6. The lowest BCUT2D eigenvalue weighted by Gasteiger charge is -2.18. The van der Waals surface area contributed by atoms with Crippen LogP contribution in [0.5, 0.6) is 0 Å². The molecule has 138 valence electrons. The van der Waals surface area contributed by atoms with Crippen molar-refractivity contribution in [1.29, 1.82) is 0 Å². The van der Waals surface area contributed by atoms with E-state index in [1.165, 1.54) is 0 Å². The van der Waals surface area contributed by atoms with Crippen LogP contribution < -0.4 is 11.1 Å². The summed E-state index contributed by atoms with van der Waals surface area (Å²) in [5.41, 5.74) is 8.06. The van der Waals surface area contributed by atoms with E-state index >= 15 is 0 Å². The summed E-state index contributed by atoms with van der Waals surface area (Å²) in [4.78, 5) is 12.0. The van der Waals surface area contributed by atoms with E-state index in [1.807, 2.05) is 6.08 Å². The van der Waals surface area contributed by atoms with E-state index in [0.717, 1.165) is 50.1 Å². The Labute approximate surface area is 144 Å². The number of rotatable bonds is 12. The molecule has 0 unspecified atom stereocenters. The van der Waals surface area contributed by atoms with Crippen molar-refractivity contribution in [3.05, 3.63) is 23.0 Å². The maximum Gasteiger partial charge on any atom is 0.354 e. The Morgan fingerprint density at radius 3 is 2.62 bits per heavy atom. The van der Waals surface area contributed by atoms with Crippen molar-refractivity contribution in [1.82, 2.24) is 5.32 Å². The summed E-state index contributed by atoms with van der Waals surface area (Å²) in [6, 6.07) is 0. The van der Waals surface area contributed by atoms with E-state index in [4.69, 9.17) is 24.7 Å². The van der Waals surface area contributed by atoms with Crippen LogP contribution in [0.4, 0.5) is 0 Å². The third-order valence-electron chi connectivity index (χ3n) is 3.58. The van der Waals surface area contributed by atoms with Gasteiger partial charge in [-0.2, -0.15) is 0 Å². The molecule has 0 aromatic carbocycles. The van der Waals surface area contributed by atoms with Gasteiger partial charge in [-0.25, -0.2) is 4.79 Å². The SMILES string of the molecule is COCCCNC1=C/C(=C(/N)C(=O)OCCOCCOC)CCC1. The molecule has 0 bridgehead atoms. The highest BCUT2D eigenvalue weighted by Gasteiger charge is 2.16. The first-order valence-corrected chi connectivity index (χ1v) is 8.34. The molecule has 7 nitrogen and oxygen atoms in total. The number of hydrogen-bond donors (Lipinski definition) is 2. The third kappa shape index (κ3) is 8.33. The second-order valence-corrected chi connectivity index (χ2v) is 5.48. The van der Waals surface area contributed by atoms with Gasteiger partial charge in [-0.15, -0.1) is 0 Å². The Kier molecular flexibility index (Phi) is 10.9. The monoisotopic (exact) mass is 342 g/mol. The first kappa shape index (κ1) is 20.5. The number of allylic oxidation sites excluding steroid dienone is 3. The maximum atomic E-state index is 12.0. The first-order valence-electron chi connectivity index (χ1n) is 8.34. The van der Waals surface area contributed by atoms with Gasteiger partial charge in [0.15, 0.2) is 0 Å². The fourth-order valence-corrected chi connectivity index (χ4v) is 2.29. The molecule has 1 aliphatic carbocycles. The van der Waals surface area contributed by atoms with Crippen LogP contribution in [0.2, 0.25) is 0 Å². The largest absolute Gasteiger partial charge is 0.459 e. The van der Waals surface area contributed by atoms with Gasteiger partial charge in [0.25, 0.3) is 0 Å². The number of hydrogen-bond acceptors (Lipinski definition) is 7. The van der Waals surface area contributed by atoms with Crippen LogP contribution in [-0.2, 0) is 23.7 Å². The van der Waals surface area contributed by atoms with Gasteiger partial charge in [0, 0.05) is 33.1 Å². The van der Waals surface area contributed by atoms with Gasteiger partial charge >= 0.3 is 5.97 Å². The lowest BCUT2D eigenvalue weighted by atomic mass is 9.97. The van der Waals surface area contributed by atoms with E-state index < -0.39 is 5.97 Å². The third-order valence-corrected chi connectivity index (χ3v) is 3.58. The molecule has 24 heavy (non-hydrogen) atoms. The van der Waals surface area contributed by atoms with Crippen LogP contribution in [0.1, 0.15) is 25.7 Å². The van der Waals surface area contributed by atoms with Crippen LogP contribution in [0, 0.1) is 0 Å². The Morgan fingerprint density at radius 2 is 1.88 bits per heavy atom. The molecule has 0 atom stereocenters. The molecule has 0 amide bonds. The van der Waals surface area contributed by atoms with Crippen molar-refractivity contribution in [3.63, 3.8) is 0 Å². The highest BCUT2D eigenvalue weighted by molar-refractivity contribution is 5.88. The van der Waals surface area contributed by atoms with Crippen LogP contribution in [0.25, 0.3) is 0 Å². The molecule has 3 N–H and O–H groups in total. The maximum absolute atomic E-state index is 12.0. The first-order chi connectivity index (χ1) is 11.7. The van der Waals surface area contributed by atoms with Crippen molar-refractivity contribution in [2.45, 2.75) is 25.7 Å². The Morgan fingerprint density at radius 1 is 1.12 bits per heavy atom. The number of methoxy groups -OCH3 is 2. The quantitative estimate of drug-likeness (QED) is 0.312. The summed E-state index contributed by atoms with van der Waals surface area (Å²) in [6.45, 7) is 3.08. The lowest BCUT2D eigenvalue weighted by Crippen LogP contribution is -2.22. The topological polar surface area (TPSA) is 92.0 Å². The highest BCUT2D eigenvalue weighted by Crippen LogP contribution is 2.22. The number of nitrogens with one attached hydrogen (secondary N) is 1. The number of ether oxygens (including phenoxy) is 4. The fourth-order valence-electron chi connectivity index (χ4n) is 2.29. The number of nitrogens with two attached hydrogens (primary N) is 1. The molecule has 7 heteroatoms. The molecule has 0 heterocycles. The molecule has 0 saturated carbocycles. The van der Waals surface area contributed by atoms with Gasteiger partial charge in [0.2, 0.25) is 0 Å². The van der Waals surface area contributed by atoms with Gasteiger partial charge in [-0.3, -0.25) is 0 Å². The van der Waals surface area contributed by atoms with Crippen molar-refractivity contribution < 1.29 is 23.7 Å². The zero-order chi connectivity index (χ0) is 17.6. The predicted molar refractivity (Wildman–Crippen MR) is 91.3 cm³/mol.